The quantitative estimate of drug-likeness (QED) is 0.685. The van der Waals surface area contributed by atoms with Crippen molar-refractivity contribution < 1.29 is 18.3 Å². The van der Waals surface area contributed by atoms with Gasteiger partial charge in [-0.2, -0.15) is 13.2 Å². The molecule has 0 saturated carbocycles. The zero-order valence-corrected chi connectivity index (χ0v) is 8.31. The Labute approximate surface area is 81.2 Å². The van der Waals surface area contributed by atoms with Crippen molar-refractivity contribution in [2.75, 3.05) is 0 Å². The molecule has 0 spiro atoms. The van der Waals surface area contributed by atoms with E-state index in [9.17, 15) is 13.2 Å². The number of phenols is 1. The molecule has 0 atom stereocenters. The number of aryl methyl sites for hydroxylation is 1. The fraction of sp³-hybridized carbons (Fsp3) is 0.400. The van der Waals surface area contributed by atoms with Crippen LogP contribution in [0.25, 0.3) is 0 Å². The van der Waals surface area contributed by atoms with Crippen LogP contribution in [0.3, 0.4) is 0 Å². The maximum absolute atomic E-state index is 12.1. The molecule has 0 unspecified atom stereocenters. The summed E-state index contributed by atoms with van der Waals surface area (Å²) in [5.74, 6) is -0.368. The number of aromatic hydroxyl groups is 1. The highest BCUT2D eigenvalue weighted by Crippen LogP contribution is 2.33. The van der Waals surface area contributed by atoms with Crippen LogP contribution in [-0.4, -0.2) is 5.11 Å². The second kappa shape index (κ2) is 4.88. The molecule has 1 aromatic rings. The maximum atomic E-state index is 12.1. The van der Waals surface area contributed by atoms with Crippen molar-refractivity contribution in [2.24, 2.45) is 0 Å². The summed E-state index contributed by atoms with van der Waals surface area (Å²) >= 11 is 0. The molecule has 4 heteroatoms. The van der Waals surface area contributed by atoms with E-state index in [1.165, 1.54) is 19.1 Å². The predicted octanol–water partition coefficient (Wildman–Crippen LogP) is 3.75. The van der Waals surface area contributed by atoms with Gasteiger partial charge in [0.15, 0.2) is 0 Å². The van der Waals surface area contributed by atoms with Crippen LogP contribution in [-0.2, 0) is 6.18 Å². The average molecular weight is 206 g/mol. The number of hydrogen-bond acceptors (Lipinski definition) is 1. The van der Waals surface area contributed by atoms with Crippen LogP contribution < -0.4 is 0 Å². The lowest BCUT2D eigenvalue weighted by atomic mass is 10.1. The average Bonchev–Trinajstić information content (AvgIpc) is 2.11. The van der Waals surface area contributed by atoms with E-state index >= 15 is 0 Å². The topological polar surface area (TPSA) is 20.2 Å². The van der Waals surface area contributed by atoms with Gasteiger partial charge in [0.1, 0.15) is 5.75 Å². The van der Waals surface area contributed by atoms with Crippen LogP contribution >= 0.6 is 0 Å². The van der Waals surface area contributed by atoms with Gasteiger partial charge in [0.25, 0.3) is 0 Å². The molecule has 0 saturated heterocycles. The monoisotopic (exact) mass is 206 g/mol. The molecule has 0 fully saturated rings. The van der Waals surface area contributed by atoms with E-state index in [2.05, 4.69) is 0 Å². The largest absolute Gasteiger partial charge is 0.508 e. The van der Waals surface area contributed by atoms with E-state index in [4.69, 9.17) is 5.11 Å². The van der Waals surface area contributed by atoms with E-state index in [1.54, 1.807) is 0 Å². The fourth-order valence-corrected chi connectivity index (χ4v) is 0.915. The van der Waals surface area contributed by atoms with Crippen LogP contribution in [0.2, 0.25) is 0 Å². The first-order valence-electron chi connectivity index (χ1n) is 4.28. The number of rotatable bonds is 0. The minimum atomic E-state index is -4.39. The van der Waals surface area contributed by atoms with Gasteiger partial charge in [-0.3, -0.25) is 0 Å². The number of benzene rings is 1. The first kappa shape index (κ1) is 12.8. The third-order valence-corrected chi connectivity index (χ3v) is 1.53. The molecule has 14 heavy (non-hydrogen) atoms. The molecular weight excluding hydrogens is 193 g/mol. The van der Waals surface area contributed by atoms with E-state index in [1.807, 2.05) is 13.8 Å². The molecule has 1 N–H and O–H groups in total. The van der Waals surface area contributed by atoms with Crippen molar-refractivity contribution in [2.45, 2.75) is 26.9 Å². The maximum Gasteiger partial charge on any atom is 0.416 e. The van der Waals surface area contributed by atoms with Crippen LogP contribution in [0.15, 0.2) is 18.2 Å². The summed E-state index contributed by atoms with van der Waals surface area (Å²) in [6, 6.07) is 3.18. The van der Waals surface area contributed by atoms with Crippen LogP contribution in [0.4, 0.5) is 13.2 Å². The molecule has 1 aromatic carbocycles. The standard InChI is InChI=1S/C8H7F3O.C2H6/c1-5-2-3-6(12)4-7(5)8(9,10)11;1-2/h2-4,12H,1H3;1-2H3. The Kier molecular flexibility index (Phi) is 4.47. The van der Waals surface area contributed by atoms with Gasteiger partial charge in [-0.05, 0) is 24.6 Å². The van der Waals surface area contributed by atoms with Gasteiger partial charge >= 0.3 is 6.18 Å². The van der Waals surface area contributed by atoms with Gasteiger partial charge in [0, 0.05) is 0 Å². The van der Waals surface area contributed by atoms with E-state index in [0.29, 0.717) is 0 Å². The highest BCUT2D eigenvalue weighted by molar-refractivity contribution is 5.35. The molecule has 0 bridgehead atoms. The first-order chi connectivity index (χ1) is 6.41. The van der Waals surface area contributed by atoms with Crippen molar-refractivity contribution in [3.8, 4) is 5.75 Å². The van der Waals surface area contributed by atoms with Crippen molar-refractivity contribution in [3.63, 3.8) is 0 Å². The molecule has 0 aromatic heterocycles. The fourth-order valence-electron chi connectivity index (χ4n) is 0.915. The molecule has 1 rings (SSSR count). The van der Waals surface area contributed by atoms with Crippen molar-refractivity contribution >= 4 is 0 Å². The lowest BCUT2D eigenvalue weighted by Gasteiger charge is -2.09. The summed E-state index contributed by atoms with van der Waals surface area (Å²) in [6.07, 6.45) is -4.39. The lowest BCUT2D eigenvalue weighted by molar-refractivity contribution is -0.138. The molecular formula is C10H13F3O. The lowest BCUT2D eigenvalue weighted by Crippen LogP contribution is -2.06. The zero-order valence-electron chi connectivity index (χ0n) is 8.31. The third-order valence-electron chi connectivity index (χ3n) is 1.53. The summed E-state index contributed by atoms with van der Waals surface area (Å²) in [6.45, 7) is 5.35. The summed E-state index contributed by atoms with van der Waals surface area (Å²) in [7, 11) is 0. The van der Waals surface area contributed by atoms with Crippen LogP contribution in [0, 0.1) is 6.92 Å². The minimum Gasteiger partial charge on any atom is -0.508 e. The molecule has 0 amide bonds. The molecule has 0 aliphatic heterocycles. The zero-order chi connectivity index (χ0) is 11.4. The highest BCUT2D eigenvalue weighted by Gasteiger charge is 2.32. The van der Waals surface area contributed by atoms with E-state index < -0.39 is 11.7 Å². The predicted molar refractivity (Wildman–Crippen MR) is 49.2 cm³/mol. The third kappa shape index (κ3) is 3.28. The Balaban J connectivity index is 0.000000791. The molecule has 0 aliphatic rings. The Bertz CT molecular complexity index is 292. The van der Waals surface area contributed by atoms with Gasteiger partial charge in [0.2, 0.25) is 0 Å². The van der Waals surface area contributed by atoms with E-state index in [-0.39, 0.29) is 11.3 Å². The number of hydrogen-bond donors (Lipinski definition) is 1. The van der Waals surface area contributed by atoms with Gasteiger partial charge in [-0.15, -0.1) is 0 Å². The summed E-state index contributed by atoms with van der Waals surface area (Å²) < 4.78 is 36.4. The molecule has 0 radical (unpaired) electrons. The molecule has 0 heterocycles. The Hall–Kier alpha value is -1.19. The second-order valence-electron chi connectivity index (χ2n) is 2.50. The van der Waals surface area contributed by atoms with Gasteiger partial charge in [-0.1, -0.05) is 19.9 Å². The molecule has 1 nitrogen and oxygen atoms in total. The summed E-state index contributed by atoms with van der Waals surface area (Å²) in [5, 5.41) is 8.80. The van der Waals surface area contributed by atoms with Crippen LogP contribution in [0.1, 0.15) is 25.0 Å². The number of alkyl halides is 3. The number of phenolic OH excluding ortho intramolecular Hbond substituents is 1. The van der Waals surface area contributed by atoms with Gasteiger partial charge < -0.3 is 5.11 Å². The Morgan fingerprint density at radius 3 is 2.00 bits per heavy atom. The van der Waals surface area contributed by atoms with Crippen molar-refractivity contribution in [1.82, 2.24) is 0 Å². The minimum absolute atomic E-state index is 0.111. The molecule has 0 aliphatic carbocycles. The Morgan fingerprint density at radius 2 is 1.64 bits per heavy atom. The van der Waals surface area contributed by atoms with Gasteiger partial charge in [0.05, 0.1) is 5.56 Å². The summed E-state index contributed by atoms with van der Waals surface area (Å²) in [5.41, 5.74) is -0.678. The normalized spacial score (nSPS) is 10.4. The van der Waals surface area contributed by atoms with Crippen LogP contribution in [0.5, 0.6) is 5.75 Å². The Morgan fingerprint density at radius 1 is 1.14 bits per heavy atom. The SMILES string of the molecule is CC.Cc1ccc(O)cc1C(F)(F)F. The smallest absolute Gasteiger partial charge is 0.416 e. The second-order valence-corrected chi connectivity index (χ2v) is 2.50. The highest BCUT2D eigenvalue weighted by atomic mass is 19.4. The van der Waals surface area contributed by atoms with E-state index in [0.717, 1.165) is 6.07 Å². The molecule has 80 valence electrons. The van der Waals surface area contributed by atoms with Gasteiger partial charge in [-0.25, -0.2) is 0 Å². The first-order valence-corrected chi connectivity index (χ1v) is 4.28. The van der Waals surface area contributed by atoms with Crippen molar-refractivity contribution in [3.05, 3.63) is 29.3 Å². The summed E-state index contributed by atoms with van der Waals surface area (Å²) in [4.78, 5) is 0. The van der Waals surface area contributed by atoms with Crippen molar-refractivity contribution in [1.29, 1.82) is 0 Å². The number of halogens is 3.